The zero-order valence-corrected chi connectivity index (χ0v) is 10.8. The van der Waals surface area contributed by atoms with Crippen molar-refractivity contribution in [2.24, 2.45) is 0 Å². The average Bonchev–Trinajstić information content (AvgIpc) is 2.37. The van der Waals surface area contributed by atoms with E-state index in [2.05, 4.69) is 4.74 Å². The molecule has 0 aromatic heterocycles. The third-order valence-corrected chi connectivity index (χ3v) is 2.57. The van der Waals surface area contributed by atoms with Gasteiger partial charge in [-0.3, -0.25) is 0 Å². The maximum absolute atomic E-state index is 13.2. The molecule has 0 spiro atoms. The standard InChI is InChI=1S/C14H10ClFO3/c1-18-14(17)12-4-2-3-5-13(12)19-11-7-9(15)6-10(16)8-11/h2-8H,1H3. The highest BCUT2D eigenvalue weighted by Crippen LogP contribution is 2.28. The minimum Gasteiger partial charge on any atom is -0.465 e. The summed E-state index contributed by atoms with van der Waals surface area (Å²) in [6.45, 7) is 0. The van der Waals surface area contributed by atoms with E-state index in [0.29, 0.717) is 0 Å². The maximum Gasteiger partial charge on any atom is 0.341 e. The summed E-state index contributed by atoms with van der Waals surface area (Å²) in [5.41, 5.74) is 0.255. The Morgan fingerprint density at radius 2 is 1.95 bits per heavy atom. The van der Waals surface area contributed by atoms with Crippen LogP contribution >= 0.6 is 11.6 Å². The highest BCUT2D eigenvalue weighted by Gasteiger charge is 2.13. The van der Waals surface area contributed by atoms with Crippen molar-refractivity contribution in [1.82, 2.24) is 0 Å². The third-order valence-electron chi connectivity index (χ3n) is 2.36. The first-order chi connectivity index (χ1) is 9.10. The zero-order valence-electron chi connectivity index (χ0n) is 10.0. The first-order valence-electron chi connectivity index (χ1n) is 5.41. The maximum atomic E-state index is 13.2. The van der Waals surface area contributed by atoms with Crippen molar-refractivity contribution in [1.29, 1.82) is 0 Å². The number of rotatable bonds is 3. The second-order valence-corrected chi connectivity index (χ2v) is 4.13. The molecule has 3 nitrogen and oxygen atoms in total. The number of hydrogen-bond acceptors (Lipinski definition) is 3. The Kier molecular flexibility index (Phi) is 4.02. The largest absolute Gasteiger partial charge is 0.465 e. The van der Waals surface area contributed by atoms with E-state index in [-0.39, 0.29) is 22.1 Å². The highest BCUT2D eigenvalue weighted by atomic mass is 35.5. The van der Waals surface area contributed by atoms with Crippen molar-refractivity contribution in [2.45, 2.75) is 0 Å². The second kappa shape index (κ2) is 5.71. The summed E-state index contributed by atoms with van der Waals surface area (Å²) in [6, 6.07) is 10.3. The van der Waals surface area contributed by atoms with Gasteiger partial charge < -0.3 is 9.47 Å². The molecule has 5 heteroatoms. The number of benzene rings is 2. The molecule has 98 valence electrons. The van der Waals surface area contributed by atoms with Crippen LogP contribution in [0, 0.1) is 5.82 Å². The smallest absolute Gasteiger partial charge is 0.341 e. The Hall–Kier alpha value is -2.07. The van der Waals surface area contributed by atoms with Crippen molar-refractivity contribution in [2.75, 3.05) is 7.11 Å². The molecule has 0 fully saturated rings. The lowest BCUT2D eigenvalue weighted by molar-refractivity contribution is 0.0598. The lowest BCUT2D eigenvalue weighted by atomic mass is 10.2. The van der Waals surface area contributed by atoms with Gasteiger partial charge in [-0.15, -0.1) is 0 Å². The zero-order chi connectivity index (χ0) is 13.8. The molecule has 0 amide bonds. The SMILES string of the molecule is COC(=O)c1ccccc1Oc1cc(F)cc(Cl)c1. The van der Waals surface area contributed by atoms with Crippen LogP contribution in [0.5, 0.6) is 11.5 Å². The molecule has 0 aliphatic carbocycles. The topological polar surface area (TPSA) is 35.5 Å². The molecule has 0 radical (unpaired) electrons. The fourth-order valence-corrected chi connectivity index (χ4v) is 1.76. The molecule has 0 aliphatic heterocycles. The van der Waals surface area contributed by atoms with Crippen LogP contribution in [0.4, 0.5) is 4.39 Å². The van der Waals surface area contributed by atoms with Gasteiger partial charge in [0.15, 0.2) is 0 Å². The minimum absolute atomic E-state index is 0.210. The van der Waals surface area contributed by atoms with Crippen LogP contribution in [0.3, 0.4) is 0 Å². The first kappa shape index (κ1) is 13.4. The Bertz CT molecular complexity index is 593. The third kappa shape index (κ3) is 3.23. The van der Waals surface area contributed by atoms with Crippen molar-refractivity contribution in [3.63, 3.8) is 0 Å². The number of hydrogen-bond donors (Lipinski definition) is 0. The van der Waals surface area contributed by atoms with Crippen LogP contribution in [0.1, 0.15) is 10.4 Å². The van der Waals surface area contributed by atoms with Crippen molar-refractivity contribution < 1.29 is 18.7 Å². The van der Waals surface area contributed by atoms with Gasteiger partial charge in [-0.2, -0.15) is 0 Å². The lowest BCUT2D eigenvalue weighted by Crippen LogP contribution is -2.03. The van der Waals surface area contributed by atoms with Crippen molar-refractivity contribution >= 4 is 17.6 Å². The van der Waals surface area contributed by atoms with Crippen LogP contribution in [-0.2, 0) is 4.74 Å². The second-order valence-electron chi connectivity index (χ2n) is 3.69. The average molecular weight is 281 g/mol. The van der Waals surface area contributed by atoms with E-state index in [0.717, 1.165) is 0 Å². The number of esters is 1. The summed E-state index contributed by atoms with van der Waals surface area (Å²) in [5, 5.41) is 0.213. The molecular weight excluding hydrogens is 271 g/mol. The summed E-state index contributed by atoms with van der Waals surface area (Å²) < 4.78 is 23.3. The summed E-state index contributed by atoms with van der Waals surface area (Å²) >= 11 is 5.73. The van der Waals surface area contributed by atoms with Gasteiger partial charge in [0.05, 0.1) is 7.11 Å². The number of methoxy groups -OCH3 is 1. The molecule has 0 N–H and O–H groups in total. The quantitative estimate of drug-likeness (QED) is 0.796. The van der Waals surface area contributed by atoms with Crippen LogP contribution in [0.25, 0.3) is 0 Å². The monoisotopic (exact) mass is 280 g/mol. The van der Waals surface area contributed by atoms with E-state index >= 15 is 0 Å². The molecule has 0 aliphatic rings. The van der Waals surface area contributed by atoms with Crippen LogP contribution in [0.15, 0.2) is 42.5 Å². The Labute approximate surface area is 114 Å². The van der Waals surface area contributed by atoms with E-state index in [1.165, 1.54) is 25.3 Å². The molecule has 2 aromatic carbocycles. The summed E-state index contributed by atoms with van der Waals surface area (Å²) in [7, 11) is 1.28. The number of halogens is 2. The molecule has 2 aromatic rings. The number of carbonyl (C=O) groups is 1. The van der Waals surface area contributed by atoms with Crippen LogP contribution < -0.4 is 4.74 Å². The Balaban J connectivity index is 2.35. The van der Waals surface area contributed by atoms with Crippen molar-refractivity contribution in [3.05, 3.63) is 58.9 Å². The van der Waals surface area contributed by atoms with Gasteiger partial charge in [0.25, 0.3) is 0 Å². The molecular formula is C14H10ClFO3. The molecule has 0 saturated heterocycles. The van der Waals surface area contributed by atoms with E-state index < -0.39 is 11.8 Å². The predicted octanol–water partition coefficient (Wildman–Crippen LogP) is 4.06. The van der Waals surface area contributed by atoms with Crippen LogP contribution in [-0.4, -0.2) is 13.1 Å². The van der Waals surface area contributed by atoms with Gasteiger partial charge in [-0.1, -0.05) is 23.7 Å². The number of para-hydroxylation sites is 1. The van der Waals surface area contributed by atoms with Crippen molar-refractivity contribution in [3.8, 4) is 11.5 Å². The molecule has 19 heavy (non-hydrogen) atoms. The van der Waals surface area contributed by atoms with Gasteiger partial charge >= 0.3 is 5.97 Å². The Morgan fingerprint density at radius 3 is 2.63 bits per heavy atom. The predicted molar refractivity (Wildman–Crippen MR) is 69.3 cm³/mol. The highest BCUT2D eigenvalue weighted by molar-refractivity contribution is 6.30. The van der Waals surface area contributed by atoms with E-state index in [1.54, 1.807) is 24.3 Å². The summed E-state index contributed by atoms with van der Waals surface area (Å²) in [4.78, 5) is 11.6. The minimum atomic E-state index is -0.530. The fourth-order valence-electron chi connectivity index (χ4n) is 1.55. The molecule has 0 saturated carbocycles. The van der Waals surface area contributed by atoms with Gasteiger partial charge in [-0.05, 0) is 24.3 Å². The van der Waals surface area contributed by atoms with Gasteiger partial charge in [0.1, 0.15) is 22.9 Å². The number of ether oxygens (including phenoxy) is 2. The normalized spacial score (nSPS) is 10.1. The van der Waals surface area contributed by atoms with Gasteiger partial charge in [0.2, 0.25) is 0 Å². The molecule has 0 heterocycles. The van der Waals surface area contributed by atoms with E-state index in [4.69, 9.17) is 16.3 Å². The fraction of sp³-hybridized carbons (Fsp3) is 0.0714. The first-order valence-corrected chi connectivity index (χ1v) is 5.79. The van der Waals surface area contributed by atoms with Gasteiger partial charge in [-0.25, -0.2) is 9.18 Å². The lowest BCUT2D eigenvalue weighted by Gasteiger charge is -2.10. The van der Waals surface area contributed by atoms with Crippen LogP contribution in [0.2, 0.25) is 5.02 Å². The van der Waals surface area contributed by atoms with E-state index in [9.17, 15) is 9.18 Å². The van der Waals surface area contributed by atoms with Gasteiger partial charge in [0, 0.05) is 11.1 Å². The van der Waals surface area contributed by atoms with E-state index in [1.807, 2.05) is 0 Å². The number of carbonyl (C=O) groups excluding carboxylic acids is 1. The molecule has 0 unspecified atom stereocenters. The molecule has 0 bridgehead atoms. The summed E-state index contributed by atoms with van der Waals surface area (Å²) in [6.07, 6.45) is 0. The summed E-state index contributed by atoms with van der Waals surface area (Å²) in [5.74, 6) is -0.562. The molecule has 2 rings (SSSR count). The Morgan fingerprint density at radius 1 is 1.21 bits per heavy atom. The molecule has 0 atom stereocenters.